The molecule has 7 heteroatoms. The molecule has 0 fully saturated rings. The van der Waals surface area contributed by atoms with Gasteiger partial charge in [0.1, 0.15) is 5.75 Å². The predicted molar refractivity (Wildman–Crippen MR) is 68.5 cm³/mol. The molecule has 0 aromatic heterocycles. The van der Waals surface area contributed by atoms with Gasteiger partial charge in [0.05, 0.1) is 12.5 Å². The third-order valence-corrected chi connectivity index (χ3v) is 4.31. The van der Waals surface area contributed by atoms with Crippen molar-refractivity contribution in [2.24, 2.45) is 0 Å². The summed E-state index contributed by atoms with van der Waals surface area (Å²) >= 11 is -0.850. The first-order chi connectivity index (χ1) is 7.38. The van der Waals surface area contributed by atoms with Gasteiger partial charge in [-0.05, 0) is 20.0 Å². The van der Waals surface area contributed by atoms with E-state index in [0.29, 0.717) is 25.3 Å². The van der Waals surface area contributed by atoms with Crippen LogP contribution < -0.4 is 5.32 Å². The van der Waals surface area contributed by atoms with Crippen LogP contribution in [0, 0.1) is 0 Å². The Hall–Kier alpha value is 0.180. The van der Waals surface area contributed by atoms with Crippen LogP contribution in [0.3, 0.4) is 0 Å². The normalized spacial score (nSPS) is 14.3. The number of hydrogen-bond donors (Lipinski definition) is 1. The Bertz CT molecular complexity index is 268. The molecule has 1 atom stereocenters. The highest BCUT2D eigenvalue weighted by Crippen LogP contribution is 2.02. The molecule has 1 unspecified atom stereocenters. The molecule has 0 heterocycles. The minimum absolute atomic E-state index is 0.460. The molecule has 0 spiro atoms. The summed E-state index contributed by atoms with van der Waals surface area (Å²) in [4.78, 5) is 0. The van der Waals surface area contributed by atoms with E-state index in [1.165, 1.54) is 10.6 Å². The van der Waals surface area contributed by atoms with Crippen molar-refractivity contribution in [2.75, 3.05) is 44.9 Å². The fraction of sp³-hybridized carbons (Fsp3) is 1.00. The van der Waals surface area contributed by atoms with E-state index in [1.54, 1.807) is 6.26 Å². The fourth-order valence-corrected chi connectivity index (χ4v) is 2.78. The molecule has 0 aliphatic rings. The molecular formula is C9H22N2O3S2. The average Bonchev–Trinajstić information content (AvgIpc) is 2.13. The van der Waals surface area contributed by atoms with Crippen molar-refractivity contribution in [2.45, 2.75) is 12.8 Å². The van der Waals surface area contributed by atoms with Gasteiger partial charge in [-0.2, -0.15) is 0 Å². The van der Waals surface area contributed by atoms with Crippen molar-refractivity contribution >= 4 is 21.2 Å². The molecule has 0 aliphatic heterocycles. The Kier molecular flexibility index (Phi) is 8.39. The quantitative estimate of drug-likeness (QED) is 0.458. The molecule has 0 radical (unpaired) electrons. The fourth-order valence-electron chi connectivity index (χ4n) is 1.32. The second kappa shape index (κ2) is 8.30. The van der Waals surface area contributed by atoms with E-state index in [4.69, 9.17) is 0 Å². The van der Waals surface area contributed by atoms with E-state index in [0.717, 1.165) is 13.0 Å². The second-order valence-corrected chi connectivity index (χ2v) is 7.29. The third kappa shape index (κ3) is 8.35. The van der Waals surface area contributed by atoms with Gasteiger partial charge in [0.15, 0.2) is 0 Å². The zero-order chi connectivity index (χ0) is 12.6. The number of nitrogens with one attached hydrogen (secondary N) is 1. The molecule has 5 nitrogen and oxygen atoms in total. The SMILES string of the molecule is CNCCCN(CCC[S+](C)[O-])S(C)(=O)=O. The highest BCUT2D eigenvalue weighted by Gasteiger charge is 2.15. The smallest absolute Gasteiger partial charge is 0.211 e. The first kappa shape index (κ1) is 16.2. The Labute approximate surface area is 102 Å². The molecule has 98 valence electrons. The van der Waals surface area contributed by atoms with Gasteiger partial charge in [-0.25, -0.2) is 12.7 Å². The van der Waals surface area contributed by atoms with Gasteiger partial charge in [-0.1, -0.05) is 11.2 Å². The second-order valence-electron chi connectivity index (χ2n) is 3.75. The summed E-state index contributed by atoms with van der Waals surface area (Å²) in [6.07, 6.45) is 4.29. The summed E-state index contributed by atoms with van der Waals surface area (Å²) < 4.78 is 35.2. The van der Waals surface area contributed by atoms with Gasteiger partial charge in [-0.15, -0.1) is 0 Å². The molecule has 0 aromatic rings. The molecule has 16 heavy (non-hydrogen) atoms. The van der Waals surface area contributed by atoms with Gasteiger partial charge in [-0.3, -0.25) is 0 Å². The maximum absolute atomic E-state index is 11.4. The van der Waals surface area contributed by atoms with Crippen LogP contribution in [0.4, 0.5) is 0 Å². The van der Waals surface area contributed by atoms with Crippen molar-refractivity contribution < 1.29 is 13.0 Å². The van der Waals surface area contributed by atoms with Crippen molar-refractivity contribution in [3.8, 4) is 0 Å². The van der Waals surface area contributed by atoms with Crippen LogP contribution in [0.25, 0.3) is 0 Å². The largest absolute Gasteiger partial charge is 0.617 e. The lowest BCUT2D eigenvalue weighted by molar-refractivity contribution is 0.405. The van der Waals surface area contributed by atoms with Crippen LogP contribution in [-0.2, 0) is 21.2 Å². The van der Waals surface area contributed by atoms with Crippen molar-refractivity contribution in [3.63, 3.8) is 0 Å². The van der Waals surface area contributed by atoms with Crippen molar-refractivity contribution in [1.82, 2.24) is 9.62 Å². The maximum Gasteiger partial charge on any atom is 0.211 e. The van der Waals surface area contributed by atoms with Crippen LogP contribution in [0.5, 0.6) is 0 Å². The van der Waals surface area contributed by atoms with E-state index in [1.807, 2.05) is 7.05 Å². The predicted octanol–water partition coefficient (Wildman–Crippen LogP) is -0.374. The Morgan fingerprint density at radius 2 is 1.88 bits per heavy atom. The number of nitrogens with zero attached hydrogens (tertiary/aromatic N) is 1. The van der Waals surface area contributed by atoms with Crippen LogP contribution in [0.15, 0.2) is 0 Å². The van der Waals surface area contributed by atoms with E-state index in [-0.39, 0.29) is 0 Å². The summed E-state index contributed by atoms with van der Waals surface area (Å²) in [5.41, 5.74) is 0. The highest BCUT2D eigenvalue weighted by atomic mass is 32.2. The van der Waals surface area contributed by atoms with Gasteiger partial charge in [0.2, 0.25) is 10.0 Å². The van der Waals surface area contributed by atoms with Crippen LogP contribution in [0.2, 0.25) is 0 Å². The highest BCUT2D eigenvalue weighted by molar-refractivity contribution is 7.90. The summed E-state index contributed by atoms with van der Waals surface area (Å²) in [5, 5.41) is 2.98. The third-order valence-electron chi connectivity index (χ3n) is 2.14. The van der Waals surface area contributed by atoms with Gasteiger partial charge < -0.3 is 9.87 Å². The molecular weight excluding hydrogens is 248 g/mol. The lowest BCUT2D eigenvalue weighted by Gasteiger charge is -2.19. The van der Waals surface area contributed by atoms with Crippen LogP contribution in [-0.4, -0.2) is 62.2 Å². The van der Waals surface area contributed by atoms with E-state index < -0.39 is 21.2 Å². The van der Waals surface area contributed by atoms with Gasteiger partial charge >= 0.3 is 0 Å². The van der Waals surface area contributed by atoms with Crippen LogP contribution in [0.1, 0.15) is 12.8 Å². The summed E-state index contributed by atoms with van der Waals surface area (Å²) in [6.45, 7) is 1.78. The van der Waals surface area contributed by atoms with Crippen molar-refractivity contribution in [3.05, 3.63) is 0 Å². The topological polar surface area (TPSA) is 72.5 Å². The Morgan fingerprint density at radius 1 is 1.31 bits per heavy atom. The van der Waals surface area contributed by atoms with Crippen LogP contribution >= 0.6 is 0 Å². The molecule has 0 rings (SSSR count). The maximum atomic E-state index is 11.4. The zero-order valence-corrected chi connectivity index (χ0v) is 11.9. The Morgan fingerprint density at radius 3 is 2.31 bits per heavy atom. The standard InChI is InChI=1S/C9H22N2O3S2/c1-10-6-4-7-11(16(3,13)14)8-5-9-15(2)12/h10H,4-9H2,1-3H3. The first-order valence-corrected chi connectivity index (χ1v) is 8.85. The summed E-state index contributed by atoms with van der Waals surface area (Å²) in [7, 11) is -1.30. The molecule has 1 N–H and O–H groups in total. The molecule has 0 amide bonds. The number of rotatable bonds is 9. The lowest BCUT2D eigenvalue weighted by Crippen LogP contribution is -2.34. The number of sulfonamides is 1. The molecule has 0 saturated carbocycles. The molecule has 0 bridgehead atoms. The van der Waals surface area contributed by atoms with E-state index in [2.05, 4.69) is 5.32 Å². The van der Waals surface area contributed by atoms with Gasteiger partial charge in [0, 0.05) is 19.5 Å². The van der Waals surface area contributed by atoms with Crippen molar-refractivity contribution in [1.29, 1.82) is 0 Å². The molecule has 0 saturated heterocycles. The molecule has 0 aliphatic carbocycles. The van der Waals surface area contributed by atoms with E-state index >= 15 is 0 Å². The minimum Gasteiger partial charge on any atom is -0.617 e. The minimum atomic E-state index is -3.14. The van der Waals surface area contributed by atoms with E-state index in [9.17, 15) is 13.0 Å². The number of hydrogen-bond acceptors (Lipinski definition) is 4. The first-order valence-electron chi connectivity index (χ1n) is 5.27. The summed E-state index contributed by atoms with van der Waals surface area (Å²) in [5.74, 6) is 0.554. The summed E-state index contributed by atoms with van der Waals surface area (Å²) in [6, 6.07) is 0. The lowest BCUT2D eigenvalue weighted by atomic mass is 10.4. The average molecular weight is 270 g/mol. The van der Waals surface area contributed by atoms with Gasteiger partial charge in [0.25, 0.3) is 0 Å². The zero-order valence-electron chi connectivity index (χ0n) is 10.2. The Balaban J connectivity index is 4.02. The molecule has 0 aromatic carbocycles. The monoisotopic (exact) mass is 270 g/mol.